The van der Waals surface area contributed by atoms with Gasteiger partial charge in [0.15, 0.2) is 0 Å². The van der Waals surface area contributed by atoms with Crippen LogP contribution in [0.1, 0.15) is 62.2 Å². The smallest absolute Gasteiger partial charge is 0.261 e. The standard InChI is InChI=1S/C22H28N4O2S.ClH/c1-14-15-3-2-4-17(15)26-20(25-14)5-9-24-21(27)19-13-16-18(29-19)6-12-28-22(16)7-10-23-11-8-22;/h13,23H,2-12H2,1H3,(H,24,27);1H. The lowest BCUT2D eigenvalue weighted by Gasteiger charge is -2.40. The van der Waals surface area contributed by atoms with E-state index in [9.17, 15) is 4.79 Å². The Bertz CT molecular complexity index is 939. The number of aryl methyl sites for hydroxylation is 2. The predicted molar refractivity (Wildman–Crippen MR) is 120 cm³/mol. The number of fused-ring (bicyclic) bond motifs is 3. The monoisotopic (exact) mass is 448 g/mol. The second kappa shape index (κ2) is 8.91. The number of hydrogen-bond acceptors (Lipinski definition) is 6. The molecule has 2 aromatic rings. The Morgan fingerprint density at radius 3 is 2.93 bits per heavy atom. The Balaban J connectivity index is 0.00000218. The van der Waals surface area contributed by atoms with Crippen LogP contribution in [-0.2, 0) is 36.0 Å². The molecule has 1 saturated heterocycles. The van der Waals surface area contributed by atoms with Crippen LogP contribution < -0.4 is 10.6 Å². The summed E-state index contributed by atoms with van der Waals surface area (Å²) in [7, 11) is 0. The van der Waals surface area contributed by atoms with Crippen molar-refractivity contribution in [3.05, 3.63) is 44.2 Å². The first kappa shape index (κ1) is 21.7. The van der Waals surface area contributed by atoms with Gasteiger partial charge < -0.3 is 15.4 Å². The Morgan fingerprint density at radius 2 is 2.10 bits per heavy atom. The maximum atomic E-state index is 12.8. The van der Waals surface area contributed by atoms with Gasteiger partial charge in [-0.15, -0.1) is 23.7 Å². The molecule has 0 saturated carbocycles. The molecule has 0 unspecified atom stereocenters. The zero-order valence-electron chi connectivity index (χ0n) is 17.4. The summed E-state index contributed by atoms with van der Waals surface area (Å²) < 4.78 is 6.23. The molecule has 1 spiro atoms. The Morgan fingerprint density at radius 1 is 1.27 bits per heavy atom. The van der Waals surface area contributed by atoms with Crippen LogP contribution in [0.2, 0.25) is 0 Å². The van der Waals surface area contributed by atoms with Crippen LogP contribution in [0.25, 0.3) is 0 Å². The number of nitrogens with one attached hydrogen (secondary N) is 2. The number of carbonyl (C=O) groups is 1. The number of amides is 1. The first-order valence-corrected chi connectivity index (χ1v) is 11.6. The van der Waals surface area contributed by atoms with Gasteiger partial charge in [-0.3, -0.25) is 4.79 Å². The Labute approximate surface area is 187 Å². The van der Waals surface area contributed by atoms with Crippen molar-refractivity contribution in [2.75, 3.05) is 26.2 Å². The van der Waals surface area contributed by atoms with Crippen LogP contribution in [0.4, 0.5) is 0 Å². The summed E-state index contributed by atoms with van der Waals surface area (Å²) in [5.41, 5.74) is 4.70. The van der Waals surface area contributed by atoms with Crippen molar-refractivity contribution < 1.29 is 9.53 Å². The normalized spacial score (nSPS) is 19.1. The van der Waals surface area contributed by atoms with Gasteiger partial charge in [-0.05, 0) is 69.3 Å². The fourth-order valence-electron chi connectivity index (χ4n) is 4.94. The van der Waals surface area contributed by atoms with E-state index < -0.39 is 0 Å². The summed E-state index contributed by atoms with van der Waals surface area (Å²) >= 11 is 1.63. The molecule has 1 aliphatic carbocycles. The Hall–Kier alpha value is -1.54. The fourth-order valence-corrected chi connectivity index (χ4v) is 6.09. The highest BCUT2D eigenvalue weighted by molar-refractivity contribution is 7.14. The van der Waals surface area contributed by atoms with Crippen molar-refractivity contribution in [1.29, 1.82) is 0 Å². The Kier molecular flexibility index (Phi) is 6.44. The molecule has 6 nitrogen and oxygen atoms in total. The lowest BCUT2D eigenvalue weighted by Crippen LogP contribution is -2.44. The number of piperidine rings is 1. The van der Waals surface area contributed by atoms with E-state index in [0.717, 1.165) is 68.2 Å². The predicted octanol–water partition coefficient (Wildman–Crippen LogP) is 2.88. The highest BCUT2D eigenvalue weighted by Gasteiger charge is 2.40. The topological polar surface area (TPSA) is 76.1 Å². The molecule has 1 fully saturated rings. The number of aromatic nitrogens is 2. The highest BCUT2D eigenvalue weighted by Crippen LogP contribution is 2.43. The van der Waals surface area contributed by atoms with Gasteiger partial charge in [-0.25, -0.2) is 9.97 Å². The van der Waals surface area contributed by atoms with E-state index in [4.69, 9.17) is 9.72 Å². The van der Waals surface area contributed by atoms with Crippen molar-refractivity contribution in [1.82, 2.24) is 20.6 Å². The largest absolute Gasteiger partial charge is 0.370 e. The van der Waals surface area contributed by atoms with E-state index in [2.05, 4.69) is 28.6 Å². The summed E-state index contributed by atoms with van der Waals surface area (Å²) in [6, 6.07) is 2.08. The minimum absolute atomic E-state index is 0. The van der Waals surface area contributed by atoms with Crippen LogP contribution in [0.3, 0.4) is 0 Å². The first-order chi connectivity index (χ1) is 14.1. The molecule has 5 rings (SSSR count). The zero-order valence-corrected chi connectivity index (χ0v) is 19.0. The summed E-state index contributed by atoms with van der Waals surface area (Å²) in [4.78, 5) is 24.3. The third kappa shape index (κ3) is 4.00. The molecule has 0 aromatic carbocycles. The number of nitrogens with zero attached hydrogens (tertiary/aromatic N) is 2. The molecule has 8 heteroatoms. The summed E-state index contributed by atoms with van der Waals surface area (Å²) in [6.45, 7) is 5.32. The third-order valence-electron chi connectivity index (χ3n) is 6.46. The van der Waals surface area contributed by atoms with Crippen molar-refractivity contribution in [3.63, 3.8) is 0 Å². The molecule has 30 heavy (non-hydrogen) atoms. The molecule has 4 heterocycles. The van der Waals surface area contributed by atoms with E-state index in [1.807, 2.05) is 0 Å². The van der Waals surface area contributed by atoms with Gasteiger partial charge in [-0.2, -0.15) is 0 Å². The quantitative estimate of drug-likeness (QED) is 0.752. The lowest BCUT2D eigenvalue weighted by molar-refractivity contribution is -0.0792. The molecule has 162 valence electrons. The number of rotatable bonds is 4. The van der Waals surface area contributed by atoms with Gasteiger partial charge in [0.1, 0.15) is 5.82 Å². The molecule has 3 aliphatic rings. The average Bonchev–Trinajstić information content (AvgIpc) is 3.37. The van der Waals surface area contributed by atoms with Gasteiger partial charge in [0.05, 0.1) is 17.1 Å². The van der Waals surface area contributed by atoms with Crippen LogP contribution in [0.15, 0.2) is 6.07 Å². The number of carbonyl (C=O) groups excluding carboxylic acids is 1. The maximum absolute atomic E-state index is 12.8. The van der Waals surface area contributed by atoms with E-state index in [1.165, 1.54) is 28.1 Å². The van der Waals surface area contributed by atoms with E-state index in [1.54, 1.807) is 11.3 Å². The van der Waals surface area contributed by atoms with Crippen molar-refractivity contribution >= 4 is 29.7 Å². The van der Waals surface area contributed by atoms with Gasteiger partial charge in [-0.1, -0.05) is 0 Å². The molecular weight excluding hydrogens is 420 g/mol. The number of halogens is 1. The lowest BCUT2D eigenvalue weighted by atomic mass is 9.83. The molecule has 2 aromatic heterocycles. The number of ether oxygens (including phenoxy) is 1. The second-order valence-corrected chi connectivity index (χ2v) is 9.44. The van der Waals surface area contributed by atoms with Gasteiger partial charge in [0.2, 0.25) is 0 Å². The molecule has 0 bridgehead atoms. The number of thiophene rings is 1. The van der Waals surface area contributed by atoms with Crippen molar-refractivity contribution in [2.45, 2.75) is 57.5 Å². The van der Waals surface area contributed by atoms with E-state index >= 15 is 0 Å². The van der Waals surface area contributed by atoms with Crippen LogP contribution in [0.5, 0.6) is 0 Å². The summed E-state index contributed by atoms with van der Waals surface area (Å²) in [5, 5.41) is 6.49. The molecule has 1 amide bonds. The van der Waals surface area contributed by atoms with Gasteiger partial charge in [0, 0.05) is 35.7 Å². The first-order valence-electron chi connectivity index (χ1n) is 10.8. The van der Waals surface area contributed by atoms with Crippen LogP contribution >= 0.6 is 23.7 Å². The fraction of sp³-hybridized carbons (Fsp3) is 0.591. The SMILES string of the molecule is Cc1nc(CCNC(=O)c2cc3c(s2)CCOC32CCNCC2)nc2c1CCC2.Cl. The molecule has 0 radical (unpaired) electrons. The second-order valence-electron chi connectivity index (χ2n) is 8.30. The third-order valence-corrected chi connectivity index (χ3v) is 7.66. The maximum Gasteiger partial charge on any atom is 0.261 e. The van der Waals surface area contributed by atoms with Crippen molar-refractivity contribution in [3.8, 4) is 0 Å². The van der Waals surface area contributed by atoms with Crippen LogP contribution in [-0.4, -0.2) is 42.1 Å². The van der Waals surface area contributed by atoms with E-state index in [-0.39, 0.29) is 23.9 Å². The summed E-state index contributed by atoms with van der Waals surface area (Å²) in [5.74, 6) is 0.849. The van der Waals surface area contributed by atoms with E-state index in [0.29, 0.717) is 13.0 Å². The van der Waals surface area contributed by atoms with Gasteiger partial charge >= 0.3 is 0 Å². The molecular formula is C22H29ClN4O2S. The molecule has 2 N–H and O–H groups in total. The molecule has 0 atom stereocenters. The zero-order chi connectivity index (χ0) is 19.8. The van der Waals surface area contributed by atoms with Gasteiger partial charge in [0.25, 0.3) is 5.91 Å². The van der Waals surface area contributed by atoms with Crippen molar-refractivity contribution in [2.24, 2.45) is 0 Å². The average molecular weight is 449 g/mol. The van der Waals surface area contributed by atoms with Crippen LogP contribution in [0, 0.1) is 6.92 Å². The summed E-state index contributed by atoms with van der Waals surface area (Å²) in [6.07, 6.45) is 6.87. The minimum atomic E-state index is -0.191. The number of hydrogen-bond donors (Lipinski definition) is 2. The molecule has 2 aliphatic heterocycles. The highest BCUT2D eigenvalue weighted by atomic mass is 35.5. The minimum Gasteiger partial charge on any atom is -0.370 e.